The number of hydrogen-bond donors (Lipinski definition) is 6. The third-order valence-electron chi connectivity index (χ3n) is 1.98. The van der Waals surface area contributed by atoms with Crippen LogP contribution in [0.4, 0.5) is 0 Å². The number of aliphatic hydroxyl groups is 1. The number of carboxylic acid groups (broad SMARTS) is 3. The average Bonchev–Trinajstić information content (AvgIpc) is 2.09. The van der Waals surface area contributed by atoms with Gasteiger partial charge in [-0.15, -0.1) is 0 Å². The summed E-state index contributed by atoms with van der Waals surface area (Å²) in [4.78, 5) is 49.1. The Hall–Kier alpha value is -1.48. The van der Waals surface area contributed by atoms with Crippen LogP contribution in [-0.4, -0.2) is 59.4 Å². The Morgan fingerprint density at radius 1 is 1.06 bits per heavy atom. The second-order valence-electron chi connectivity index (χ2n) is 3.07. The fourth-order valence-electron chi connectivity index (χ4n) is 1.00. The van der Waals surface area contributed by atoms with Gasteiger partial charge >= 0.3 is 25.5 Å². The summed E-state index contributed by atoms with van der Waals surface area (Å²) in [7, 11) is -5.74. The van der Waals surface area contributed by atoms with Gasteiger partial charge in [0.2, 0.25) is 0 Å². The van der Waals surface area contributed by atoms with Crippen LogP contribution < -0.4 is 0 Å². The summed E-state index contributed by atoms with van der Waals surface area (Å²) in [5.41, 5.74) is 0. The molecule has 0 aromatic heterocycles. The Bertz CT molecular complexity index is 380. The second-order valence-corrected chi connectivity index (χ2v) is 4.92. The first-order chi connectivity index (χ1) is 7.46. The molecule has 98 valence electrons. The van der Waals surface area contributed by atoms with Gasteiger partial charge in [0, 0.05) is 6.42 Å². The molecule has 0 bridgehead atoms. The summed E-state index contributed by atoms with van der Waals surface area (Å²) in [6.07, 6.45) is -4.19. The number of carboxylic acids is 3. The summed E-state index contributed by atoms with van der Waals surface area (Å²) in [6, 6.07) is 0. The predicted octanol–water partition coefficient (Wildman–Crippen LogP) is -2.09. The van der Waals surface area contributed by atoms with Crippen LogP contribution >= 0.6 is 7.60 Å². The Balaban J connectivity index is 5.69. The molecule has 6 N–H and O–H groups in total. The quantitative estimate of drug-likeness (QED) is 0.231. The van der Waals surface area contributed by atoms with E-state index >= 15 is 0 Å². The predicted molar refractivity (Wildman–Crippen MR) is 48.3 cm³/mol. The molecule has 17 heavy (non-hydrogen) atoms. The summed E-state index contributed by atoms with van der Waals surface area (Å²) < 4.78 is 10.9. The molecule has 0 radical (unpaired) electrons. The van der Waals surface area contributed by atoms with Crippen molar-refractivity contribution >= 4 is 25.5 Å². The lowest BCUT2D eigenvalue weighted by molar-refractivity contribution is -0.156. The van der Waals surface area contributed by atoms with Crippen molar-refractivity contribution in [2.24, 2.45) is 0 Å². The number of aliphatic hydroxyl groups excluding tert-OH is 1. The van der Waals surface area contributed by atoms with E-state index in [-0.39, 0.29) is 0 Å². The third kappa shape index (κ3) is 2.80. The van der Waals surface area contributed by atoms with Gasteiger partial charge < -0.3 is 30.2 Å². The lowest BCUT2D eigenvalue weighted by atomic mass is 10.0. The van der Waals surface area contributed by atoms with E-state index in [1.165, 1.54) is 0 Å². The Morgan fingerprint density at radius 2 is 1.41 bits per heavy atom. The Labute approximate surface area is 93.3 Å². The van der Waals surface area contributed by atoms with Gasteiger partial charge in [-0.3, -0.25) is 14.2 Å². The normalized spacial score (nSPS) is 14.1. The smallest absolute Gasteiger partial charge is 0.354 e. The maximum Gasteiger partial charge on any atom is 0.354 e. The van der Waals surface area contributed by atoms with E-state index < -0.39 is 43.2 Å². The lowest BCUT2D eigenvalue weighted by Gasteiger charge is -2.26. The zero-order valence-corrected chi connectivity index (χ0v) is 8.94. The fourth-order valence-corrected chi connectivity index (χ4v) is 1.91. The summed E-state index contributed by atoms with van der Waals surface area (Å²) in [5, 5.41) is 30.6. The second kappa shape index (κ2) is 4.80. The Kier molecular flexibility index (Phi) is 4.38. The van der Waals surface area contributed by atoms with Gasteiger partial charge in [-0.05, 0) is 0 Å². The van der Waals surface area contributed by atoms with Crippen molar-refractivity contribution in [2.45, 2.75) is 17.7 Å². The molecule has 0 aliphatic carbocycles. The molecule has 1 atom stereocenters. The number of carbonyl (C=O) groups is 3. The van der Waals surface area contributed by atoms with Crippen LogP contribution in [0, 0.1) is 0 Å². The summed E-state index contributed by atoms with van der Waals surface area (Å²) in [5.74, 6) is -6.86. The van der Waals surface area contributed by atoms with Crippen LogP contribution in [0.25, 0.3) is 0 Å². The largest absolute Gasteiger partial charge is 0.480 e. The first-order valence-corrected chi connectivity index (χ1v) is 5.51. The maximum atomic E-state index is 10.9. The minimum Gasteiger partial charge on any atom is -0.480 e. The highest BCUT2D eigenvalue weighted by Crippen LogP contribution is 2.53. The molecule has 0 amide bonds. The van der Waals surface area contributed by atoms with E-state index in [4.69, 9.17) is 30.2 Å². The average molecular weight is 272 g/mol. The van der Waals surface area contributed by atoms with Crippen molar-refractivity contribution in [3.8, 4) is 0 Å². The van der Waals surface area contributed by atoms with Gasteiger partial charge in [-0.1, -0.05) is 0 Å². The molecule has 0 spiro atoms. The molecule has 0 fully saturated rings. The molecule has 1 unspecified atom stereocenters. The first-order valence-electron chi connectivity index (χ1n) is 3.90. The minimum absolute atomic E-state index is 1.66. The van der Waals surface area contributed by atoms with E-state index in [1.807, 2.05) is 0 Å². The number of aliphatic carboxylic acids is 3. The standard InChI is InChI=1S/C6H9O10P/c7-2(3(8)9)1-6(4(10)11,5(12)13)17(14,15)16/h2,7H,1H2,(H,8,9)(H,10,11)(H,12,13)(H2,14,15,16). The minimum atomic E-state index is -5.74. The summed E-state index contributed by atoms with van der Waals surface area (Å²) in [6.45, 7) is 0. The van der Waals surface area contributed by atoms with E-state index in [2.05, 4.69) is 0 Å². The van der Waals surface area contributed by atoms with Crippen molar-refractivity contribution in [2.75, 3.05) is 0 Å². The molecule has 0 aliphatic heterocycles. The molecule has 0 heterocycles. The van der Waals surface area contributed by atoms with Crippen molar-refractivity contribution < 1.29 is 49.2 Å². The van der Waals surface area contributed by atoms with E-state index in [0.29, 0.717) is 0 Å². The van der Waals surface area contributed by atoms with Crippen LogP contribution in [0.5, 0.6) is 0 Å². The summed E-state index contributed by atoms with van der Waals surface area (Å²) >= 11 is 0. The highest BCUT2D eigenvalue weighted by molar-refractivity contribution is 7.56. The van der Waals surface area contributed by atoms with Crippen molar-refractivity contribution in [3.63, 3.8) is 0 Å². The topological polar surface area (TPSA) is 190 Å². The van der Waals surface area contributed by atoms with Crippen LogP contribution in [-0.2, 0) is 18.9 Å². The molecule has 0 saturated carbocycles. The van der Waals surface area contributed by atoms with Crippen LogP contribution in [0.1, 0.15) is 6.42 Å². The van der Waals surface area contributed by atoms with Gasteiger partial charge in [0.1, 0.15) is 0 Å². The molecular formula is C6H9O10P. The third-order valence-corrected chi connectivity index (χ3v) is 3.54. The molecule has 10 nitrogen and oxygen atoms in total. The number of rotatable bonds is 6. The lowest BCUT2D eigenvalue weighted by Crippen LogP contribution is -2.49. The molecular weight excluding hydrogens is 263 g/mol. The highest BCUT2D eigenvalue weighted by Gasteiger charge is 2.62. The molecule has 0 rings (SSSR count). The SMILES string of the molecule is O=C(O)C(O)CC(C(=O)O)(C(=O)O)P(=O)(O)O. The highest BCUT2D eigenvalue weighted by atomic mass is 31.2. The van der Waals surface area contributed by atoms with Crippen molar-refractivity contribution in [1.29, 1.82) is 0 Å². The monoisotopic (exact) mass is 272 g/mol. The fraction of sp³-hybridized carbons (Fsp3) is 0.500. The van der Waals surface area contributed by atoms with Gasteiger partial charge in [0.15, 0.2) is 6.10 Å². The molecule has 0 aromatic carbocycles. The Morgan fingerprint density at radius 3 is 1.59 bits per heavy atom. The van der Waals surface area contributed by atoms with E-state index in [0.717, 1.165) is 0 Å². The van der Waals surface area contributed by atoms with Gasteiger partial charge in [-0.2, -0.15) is 0 Å². The molecule has 0 saturated heterocycles. The van der Waals surface area contributed by atoms with E-state index in [1.54, 1.807) is 0 Å². The number of hydrogen-bond acceptors (Lipinski definition) is 5. The first kappa shape index (κ1) is 15.5. The molecule has 0 aromatic rings. The molecule has 11 heteroatoms. The van der Waals surface area contributed by atoms with Crippen LogP contribution in [0.3, 0.4) is 0 Å². The zero-order valence-electron chi connectivity index (χ0n) is 8.05. The van der Waals surface area contributed by atoms with Gasteiger partial charge in [0.05, 0.1) is 0 Å². The zero-order chi connectivity index (χ0) is 14.0. The van der Waals surface area contributed by atoms with Crippen molar-refractivity contribution in [1.82, 2.24) is 0 Å². The van der Waals surface area contributed by atoms with E-state index in [9.17, 15) is 18.9 Å². The molecule has 0 aliphatic rings. The van der Waals surface area contributed by atoms with Gasteiger partial charge in [0.25, 0.3) is 5.16 Å². The van der Waals surface area contributed by atoms with Crippen LogP contribution in [0.15, 0.2) is 0 Å². The van der Waals surface area contributed by atoms with Crippen molar-refractivity contribution in [3.05, 3.63) is 0 Å². The maximum absolute atomic E-state index is 10.9. The van der Waals surface area contributed by atoms with Crippen LogP contribution in [0.2, 0.25) is 0 Å². The van der Waals surface area contributed by atoms with Gasteiger partial charge in [-0.25, -0.2) is 4.79 Å².